The second-order valence-electron chi connectivity index (χ2n) is 2.02. The Morgan fingerprint density at radius 3 is 2.71 bits per heavy atom. The maximum atomic E-state index is 11.1. The monoisotopic (exact) mass is 274 g/mol. The lowest BCUT2D eigenvalue weighted by Crippen LogP contribution is -2.18. The van der Waals surface area contributed by atoms with Crippen LogP contribution in [0.2, 0.25) is 0 Å². The molecular formula is C4H3ClN2O4S3. The van der Waals surface area contributed by atoms with Gasteiger partial charge in [-0.25, -0.2) is 4.99 Å². The molecule has 0 aliphatic carbocycles. The highest BCUT2D eigenvalue weighted by Gasteiger charge is 2.22. The number of hydrogen-bond acceptors (Lipinski definition) is 6. The van der Waals surface area contributed by atoms with Crippen molar-refractivity contribution in [2.24, 2.45) is 4.99 Å². The number of nitrogens with one attached hydrogen (secondary N) is 1. The summed E-state index contributed by atoms with van der Waals surface area (Å²) in [5.41, 5.74) is 0.0258. The molecule has 0 fully saturated rings. The lowest BCUT2D eigenvalue weighted by molar-refractivity contribution is -0.105. The second kappa shape index (κ2) is 4.62. The summed E-state index contributed by atoms with van der Waals surface area (Å²) in [4.78, 5) is 25.1. The van der Waals surface area contributed by atoms with Crippen LogP contribution in [-0.4, -0.2) is 30.2 Å². The van der Waals surface area contributed by atoms with Crippen molar-refractivity contribution >= 4 is 59.7 Å². The lowest BCUT2D eigenvalue weighted by Gasteiger charge is -1.96. The standard InChI is InChI=1S/C4H3ClN2O4S3/c5-14(10,11)7-13-3(8)2-1-12-4(9)6-2/h7H,1H2. The van der Waals surface area contributed by atoms with Crippen LogP contribution >= 0.6 is 34.4 Å². The van der Waals surface area contributed by atoms with Crippen LogP contribution in [0.15, 0.2) is 4.99 Å². The molecule has 1 amide bonds. The zero-order valence-corrected chi connectivity index (χ0v) is 9.60. The van der Waals surface area contributed by atoms with Crippen molar-refractivity contribution in [3.63, 3.8) is 0 Å². The van der Waals surface area contributed by atoms with Gasteiger partial charge in [0.15, 0.2) is 0 Å². The molecule has 1 N–H and O–H groups in total. The molecule has 1 aliphatic rings. The Hall–Kier alpha value is -0.0900. The van der Waals surface area contributed by atoms with E-state index in [4.69, 9.17) is 10.7 Å². The van der Waals surface area contributed by atoms with E-state index in [1.807, 2.05) is 0 Å². The Morgan fingerprint density at radius 1 is 1.64 bits per heavy atom. The number of aliphatic imine (C=N–C) groups is 1. The number of carbonyl (C=O) groups excluding carboxylic acids is 2. The molecule has 0 aromatic heterocycles. The Kier molecular flexibility index (Phi) is 3.95. The van der Waals surface area contributed by atoms with E-state index >= 15 is 0 Å². The van der Waals surface area contributed by atoms with E-state index < -0.39 is 19.6 Å². The summed E-state index contributed by atoms with van der Waals surface area (Å²) in [5, 5.41) is -1.09. The summed E-state index contributed by atoms with van der Waals surface area (Å²) < 4.78 is 22.5. The largest absolute Gasteiger partial charge is 0.306 e. The molecule has 1 rings (SSSR count). The van der Waals surface area contributed by atoms with E-state index in [1.54, 1.807) is 4.13 Å². The molecular weight excluding hydrogens is 272 g/mol. The molecule has 1 heterocycles. The van der Waals surface area contributed by atoms with Gasteiger partial charge in [-0.1, -0.05) is 11.8 Å². The molecule has 0 atom stereocenters. The lowest BCUT2D eigenvalue weighted by atomic mass is 10.5. The van der Waals surface area contributed by atoms with Crippen LogP contribution in [-0.2, 0) is 14.0 Å². The number of halogens is 1. The predicted octanol–water partition coefficient (Wildman–Crippen LogP) is 0.542. The third kappa shape index (κ3) is 3.96. The molecule has 0 saturated carbocycles. The van der Waals surface area contributed by atoms with Gasteiger partial charge in [0, 0.05) is 22.6 Å². The van der Waals surface area contributed by atoms with Gasteiger partial charge in [0.2, 0.25) is 5.12 Å². The molecule has 6 nitrogen and oxygen atoms in total. The maximum absolute atomic E-state index is 11.1. The topological polar surface area (TPSA) is 92.7 Å². The molecule has 0 bridgehead atoms. The first-order valence-corrected chi connectivity index (χ1v) is 7.16. The molecule has 0 spiro atoms. The van der Waals surface area contributed by atoms with Gasteiger partial charge >= 0.3 is 14.5 Å². The third-order valence-corrected chi connectivity index (χ3v) is 3.90. The van der Waals surface area contributed by atoms with Gasteiger partial charge in [0.25, 0.3) is 0 Å². The van der Waals surface area contributed by atoms with Crippen molar-refractivity contribution in [2.75, 3.05) is 5.75 Å². The van der Waals surface area contributed by atoms with Gasteiger partial charge in [0.05, 0.1) is 5.75 Å². The van der Waals surface area contributed by atoms with Gasteiger partial charge in [0.1, 0.15) is 5.71 Å². The minimum Gasteiger partial charge on any atom is -0.279 e. The highest BCUT2D eigenvalue weighted by molar-refractivity contribution is 8.26. The van der Waals surface area contributed by atoms with Gasteiger partial charge in [-0.15, -0.1) is 4.13 Å². The molecule has 0 aromatic rings. The summed E-state index contributed by atoms with van der Waals surface area (Å²) in [6, 6.07) is 0. The highest BCUT2D eigenvalue weighted by Crippen LogP contribution is 2.17. The maximum Gasteiger partial charge on any atom is 0.306 e. The average Bonchev–Trinajstić information content (AvgIpc) is 2.46. The van der Waals surface area contributed by atoms with Gasteiger partial charge < -0.3 is 0 Å². The molecule has 10 heteroatoms. The summed E-state index contributed by atoms with van der Waals surface area (Å²) >= 11 is 1.16. The van der Waals surface area contributed by atoms with Crippen LogP contribution < -0.4 is 4.13 Å². The number of hydrogen-bond donors (Lipinski definition) is 1. The average molecular weight is 275 g/mol. The van der Waals surface area contributed by atoms with Crippen LogP contribution in [0.5, 0.6) is 0 Å². The quantitative estimate of drug-likeness (QED) is 0.596. The molecule has 0 aromatic carbocycles. The fourth-order valence-corrected chi connectivity index (χ4v) is 2.50. The summed E-state index contributed by atoms with van der Waals surface area (Å²) in [5.74, 6) is 0.161. The third-order valence-electron chi connectivity index (χ3n) is 1.03. The minimum absolute atomic E-state index is 0.0258. The molecule has 0 unspecified atom stereocenters. The molecule has 14 heavy (non-hydrogen) atoms. The Bertz CT molecular complexity index is 403. The first-order chi connectivity index (χ1) is 6.38. The zero-order chi connectivity index (χ0) is 10.8. The predicted molar refractivity (Wildman–Crippen MR) is 55.8 cm³/mol. The van der Waals surface area contributed by atoms with E-state index in [0.717, 1.165) is 11.8 Å². The smallest absolute Gasteiger partial charge is 0.279 e. The number of nitrogens with zero attached hydrogens (tertiary/aromatic N) is 1. The van der Waals surface area contributed by atoms with E-state index in [9.17, 15) is 18.0 Å². The molecule has 1 aliphatic heterocycles. The van der Waals surface area contributed by atoms with E-state index in [2.05, 4.69) is 4.99 Å². The number of thioether (sulfide) groups is 1. The van der Waals surface area contributed by atoms with Gasteiger partial charge in [-0.2, -0.15) is 8.42 Å². The number of rotatable bonds is 3. The van der Waals surface area contributed by atoms with Crippen molar-refractivity contribution in [1.29, 1.82) is 0 Å². The van der Waals surface area contributed by atoms with E-state index in [0.29, 0.717) is 0 Å². The number of amides is 1. The minimum atomic E-state index is -3.94. The van der Waals surface area contributed by atoms with Crippen molar-refractivity contribution in [3.8, 4) is 0 Å². The van der Waals surface area contributed by atoms with E-state index in [1.165, 1.54) is 0 Å². The molecule has 0 saturated heterocycles. The van der Waals surface area contributed by atoms with Crippen LogP contribution in [0.4, 0.5) is 4.79 Å². The SMILES string of the molecule is O=C1N=C(C(=O)SNS(=O)(=O)Cl)CS1. The molecule has 0 radical (unpaired) electrons. The Balaban J connectivity index is 2.52. The van der Waals surface area contributed by atoms with Crippen LogP contribution in [0.1, 0.15) is 0 Å². The summed E-state index contributed by atoms with van der Waals surface area (Å²) in [6.45, 7) is 0. The Labute approximate surface area is 92.5 Å². The van der Waals surface area contributed by atoms with Crippen molar-refractivity contribution in [1.82, 2.24) is 4.13 Å². The molecule has 78 valence electrons. The number of carbonyl (C=O) groups is 2. The second-order valence-corrected chi connectivity index (χ2v) is 6.29. The van der Waals surface area contributed by atoms with Crippen LogP contribution in [0, 0.1) is 0 Å². The summed E-state index contributed by atoms with van der Waals surface area (Å²) in [7, 11) is 0.844. The Morgan fingerprint density at radius 2 is 2.29 bits per heavy atom. The van der Waals surface area contributed by atoms with Crippen molar-refractivity contribution < 1.29 is 18.0 Å². The van der Waals surface area contributed by atoms with Crippen LogP contribution in [0.25, 0.3) is 0 Å². The fraction of sp³-hybridized carbons (Fsp3) is 0.250. The first kappa shape index (κ1) is 12.0. The van der Waals surface area contributed by atoms with Gasteiger partial charge in [-0.05, 0) is 0 Å². The van der Waals surface area contributed by atoms with Gasteiger partial charge in [-0.3, -0.25) is 9.59 Å². The normalized spacial score (nSPS) is 16.9. The van der Waals surface area contributed by atoms with Crippen molar-refractivity contribution in [3.05, 3.63) is 0 Å². The fourth-order valence-electron chi connectivity index (χ4n) is 0.556. The van der Waals surface area contributed by atoms with E-state index in [-0.39, 0.29) is 23.4 Å². The van der Waals surface area contributed by atoms with Crippen LogP contribution in [0.3, 0.4) is 0 Å². The zero-order valence-electron chi connectivity index (χ0n) is 6.39. The van der Waals surface area contributed by atoms with Crippen molar-refractivity contribution in [2.45, 2.75) is 0 Å². The summed E-state index contributed by atoms with van der Waals surface area (Å²) in [6.07, 6.45) is 0. The highest BCUT2D eigenvalue weighted by atomic mass is 35.7. The first-order valence-electron chi connectivity index (χ1n) is 3.05.